The van der Waals surface area contributed by atoms with Gasteiger partial charge in [0.2, 0.25) is 6.29 Å². The van der Waals surface area contributed by atoms with Gasteiger partial charge in [-0.2, -0.15) is 0 Å². The molecule has 0 aliphatic carbocycles. The Labute approximate surface area is 139 Å². The molecular formula is C14H16INO6. The summed E-state index contributed by atoms with van der Waals surface area (Å²) in [4.78, 5) is 3.14. The summed E-state index contributed by atoms with van der Waals surface area (Å²) in [5.74, 6) is 0.487. The number of rotatable bonds is 3. The summed E-state index contributed by atoms with van der Waals surface area (Å²) in [7, 11) is 0. The highest BCUT2D eigenvalue weighted by atomic mass is 127. The van der Waals surface area contributed by atoms with E-state index < -0.39 is 37.3 Å². The van der Waals surface area contributed by atoms with Gasteiger partial charge in [-0.25, -0.2) is 0 Å². The fraction of sp³-hybridized carbons (Fsp3) is 0.429. The van der Waals surface area contributed by atoms with E-state index in [-0.39, 0.29) is 0 Å². The van der Waals surface area contributed by atoms with Crippen molar-refractivity contribution in [2.24, 2.45) is 0 Å². The van der Waals surface area contributed by atoms with Crippen molar-refractivity contribution in [2.75, 3.05) is 6.61 Å². The average Bonchev–Trinajstić information content (AvgIpc) is 2.83. The molecule has 0 amide bonds. The molecule has 0 spiro atoms. The highest BCUT2D eigenvalue weighted by Crippen LogP contribution is 2.33. The Morgan fingerprint density at radius 1 is 1.14 bits per heavy atom. The molecule has 0 radical (unpaired) electrons. The predicted molar refractivity (Wildman–Crippen MR) is 85.4 cm³/mol. The minimum atomic E-state index is -1.46. The van der Waals surface area contributed by atoms with Crippen LogP contribution in [0.1, 0.15) is 0 Å². The first-order valence-electron chi connectivity index (χ1n) is 6.76. The van der Waals surface area contributed by atoms with Gasteiger partial charge in [0.1, 0.15) is 28.1 Å². The van der Waals surface area contributed by atoms with Gasteiger partial charge in [-0.1, -0.05) is 12.1 Å². The lowest BCUT2D eigenvalue weighted by atomic mass is 9.99. The molecule has 0 bridgehead atoms. The zero-order valence-corrected chi connectivity index (χ0v) is 13.5. The lowest BCUT2D eigenvalue weighted by molar-refractivity contribution is -0.277. The van der Waals surface area contributed by atoms with E-state index in [1.165, 1.54) is 0 Å². The molecule has 7 nitrogen and oxygen atoms in total. The first-order valence-corrected chi connectivity index (χ1v) is 7.84. The van der Waals surface area contributed by atoms with Crippen LogP contribution in [0.4, 0.5) is 0 Å². The van der Waals surface area contributed by atoms with Gasteiger partial charge in [0.25, 0.3) is 0 Å². The van der Waals surface area contributed by atoms with E-state index in [0.29, 0.717) is 5.75 Å². The van der Waals surface area contributed by atoms with Gasteiger partial charge in [0.15, 0.2) is 5.75 Å². The fourth-order valence-electron chi connectivity index (χ4n) is 2.48. The van der Waals surface area contributed by atoms with Crippen LogP contribution in [0.15, 0.2) is 24.3 Å². The second kappa shape index (κ2) is 6.30. The molecule has 1 saturated heterocycles. The highest BCUT2D eigenvalue weighted by molar-refractivity contribution is 14.1. The SMILES string of the molecule is OC[C@H]1OC(Oc2c(I)[nH]c3ccccc23)[C@H](O)[C@@H](O)[C@H]1O. The maximum absolute atomic E-state index is 10.0. The van der Waals surface area contributed by atoms with Crippen molar-refractivity contribution >= 4 is 33.5 Å². The van der Waals surface area contributed by atoms with Crippen LogP contribution in [0.3, 0.4) is 0 Å². The molecule has 5 N–H and O–H groups in total. The summed E-state index contributed by atoms with van der Waals surface area (Å²) < 4.78 is 11.8. The lowest BCUT2D eigenvalue weighted by Crippen LogP contribution is -2.60. The van der Waals surface area contributed by atoms with Gasteiger partial charge in [0, 0.05) is 5.39 Å². The van der Waals surface area contributed by atoms with Gasteiger partial charge in [-0.3, -0.25) is 0 Å². The number of H-pyrrole nitrogens is 1. The van der Waals surface area contributed by atoms with E-state index in [9.17, 15) is 20.4 Å². The molecule has 1 fully saturated rings. The molecule has 1 aromatic carbocycles. The number of fused-ring (bicyclic) bond motifs is 1. The number of para-hydroxylation sites is 1. The number of hydrogen-bond acceptors (Lipinski definition) is 6. The second-order valence-corrected chi connectivity index (χ2v) is 6.21. The van der Waals surface area contributed by atoms with Crippen molar-refractivity contribution in [1.82, 2.24) is 4.98 Å². The van der Waals surface area contributed by atoms with Crippen molar-refractivity contribution in [1.29, 1.82) is 0 Å². The first-order chi connectivity index (χ1) is 10.5. The zero-order chi connectivity index (χ0) is 15.9. The van der Waals surface area contributed by atoms with Crippen molar-refractivity contribution in [3.05, 3.63) is 28.0 Å². The molecule has 120 valence electrons. The van der Waals surface area contributed by atoms with Crippen LogP contribution < -0.4 is 4.74 Å². The van der Waals surface area contributed by atoms with Crippen LogP contribution in [0.2, 0.25) is 0 Å². The molecule has 1 aromatic heterocycles. The van der Waals surface area contributed by atoms with Crippen LogP contribution >= 0.6 is 22.6 Å². The number of aliphatic hydroxyl groups excluding tert-OH is 4. The quantitative estimate of drug-likeness (QED) is 0.444. The molecule has 3 rings (SSSR count). The third-order valence-electron chi connectivity index (χ3n) is 3.70. The number of nitrogens with one attached hydrogen (secondary N) is 1. The molecule has 1 aliphatic rings. The topological polar surface area (TPSA) is 115 Å². The average molecular weight is 421 g/mol. The molecule has 5 atom stereocenters. The summed E-state index contributed by atoms with van der Waals surface area (Å²) in [5.41, 5.74) is 0.867. The Kier molecular flexibility index (Phi) is 4.57. The smallest absolute Gasteiger partial charge is 0.229 e. The van der Waals surface area contributed by atoms with Crippen LogP contribution in [0.5, 0.6) is 5.75 Å². The van der Waals surface area contributed by atoms with E-state index in [2.05, 4.69) is 27.6 Å². The summed E-state index contributed by atoms with van der Waals surface area (Å²) >= 11 is 2.06. The van der Waals surface area contributed by atoms with Crippen molar-refractivity contribution in [3.63, 3.8) is 0 Å². The first kappa shape index (κ1) is 16.0. The lowest BCUT2D eigenvalue weighted by Gasteiger charge is -2.39. The van der Waals surface area contributed by atoms with Crippen molar-refractivity contribution in [2.45, 2.75) is 30.7 Å². The highest BCUT2D eigenvalue weighted by Gasteiger charge is 2.45. The number of aliphatic hydroxyl groups is 4. The number of aromatic nitrogens is 1. The molecule has 0 saturated carbocycles. The minimum Gasteiger partial charge on any atom is -0.459 e. The monoisotopic (exact) mass is 421 g/mol. The standard InChI is InChI=1S/C14H16INO6/c15-13-12(6-3-1-2-4-7(6)16-13)22-14-11(20)10(19)9(18)8(5-17)21-14/h1-4,8-11,14,16-20H,5H2/t8-,9+,10+,11-,14?/m1/s1. The number of hydrogen-bond donors (Lipinski definition) is 5. The summed E-state index contributed by atoms with van der Waals surface area (Å²) in [5, 5.41) is 39.6. The number of halogens is 1. The van der Waals surface area contributed by atoms with Crippen LogP contribution in [0.25, 0.3) is 10.9 Å². The van der Waals surface area contributed by atoms with Gasteiger partial charge in [-0.15, -0.1) is 0 Å². The Morgan fingerprint density at radius 3 is 2.59 bits per heavy atom. The Morgan fingerprint density at radius 2 is 1.86 bits per heavy atom. The van der Waals surface area contributed by atoms with Crippen LogP contribution in [-0.2, 0) is 4.74 Å². The van der Waals surface area contributed by atoms with Crippen LogP contribution in [0, 0.1) is 3.70 Å². The Balaban J connectivity index is 1.89. The third kappa shape index (κ3) is 2.70. The number of ether oxygens (including phenoxy) is 2. The zero-order valence-electron chi connectivity index (χ0n) is 11.4. The molecule has 8 heteroatoms. The van der Waals surface area contributed by atoms with Gasteiger partial charge >= 0.3 is 0 Å². The number of benzene rings is 1. The maximum atomic E-state index is 10.0. The largest absolute Gasteiger partial charge is 0.459 e. The van der Waals surface area contributed by atoms with E-state index in [1.807, 2.05) is 24.3 Å². The Hall–Kier alpha value is -0.910. The summed E-state index contributed by atoms with van der Waals surface area (Å²) in [6.07, 6.45) is -6.47. The number of aromatic amines is 1. The second-order valence-electron chi connectivity index (χ2n) is 5.13. The van der Waals surface area contributed by atoms with Gasteiger partial charge < -0.3 is 34.9 Å². The summed E-state index contributed by atoms with van der Waals surface area (Å²) in [6, 6.07) is 7.48. The normalized spacial score (nSPS) is 32.3. The minimum absolute atomic E-state index is 0.487. The van der Waals surface area contributed by atoms with Crippen molar-refractivity contribution < 1.29 is 29.9 Å². The molecule has 1 unspecified atom stereocenters. The van der Waals surface area contributed by atoms with E-state index in [4.69, 9.17) is 9.47 Å². The van der Waals surface area contributed by atoms with Crippen LogP contribution in [-0.4, -0.2) is 62.7 Å². The molecule has 2 aromatic rings. The van der Waals surface area contributed by atoms with E-state index in [0.717, 1.165) is 14.6 Å². The van der Waals surface area contributed by atoms with Gasteiger partial charge in [0.05, 0.1) is 12.1 Å². The fourth-order valence-corrected chi connectivity index (χ4v) is 3.19. The predicted octanol–water partition coefficient (Wildman–Crippen LogP) is -0.0488. The third-order valence-corrected chi connectivity index (χ3v) is 4.46. The maximum Gasteiger partial charge on any atom is 0.229 e. The van der Waals surface area contributed by atoms with E-state index >= 15 is 0 Å². The van der Waals surface area contributed by atoms with Gasteiger partial charge in [-0.05, 0) is 34.7 Å². The molecule has 2 heterocycles. The summed E-state index contributed by atoms with van der Waals surface area (Å²) in [6.45, 7) is -0.490. The van der Waals surface area contributed by atoms with E-state index in [1.54, 1.807) is 0 Å². The Bertz CT molecular complexity index is 660. The molecular weight excluding hydrogens is 405 g/mol. The molecule has 1 aliphatic heterocycles. The van der Waals surface area contributed by atoms with Crippen molar-refractivity contribution in [3.8, 4) is 5.75 Å². The molecule has 22 heavy (non-hydrogen) atoms.